The Balaban J connectivity index is 1.45. The number of pyridine rings is 1. The molecule has 1 aliphatic rings. The maximum absolute atomic E-state index is 13.3. The number of anilines is 1. The first-order chi connectivity index (χ1) is 19.7. The number of halogens is 4. The molecule has 1 aliphatic heterocycles. The Labute approximate surface area is 239 Å². The van der Waals surface area contributed by atoms with Crippen LogP contribution in [0.2, 0.25) is 5.02 Å². The fraction of sp³-hybridized carbons (Fsp3) is 0.185. The molecule has 1 fully saturated rings. The number of ether oxygens (including phenoxy) is 1. The number of nitrogens with zero attached hydrogens (tertiary/aromatic N) is 5. The van der Waals surface area contributed by atoms with Crippen LogP contribution in [0, 0.1) is 0 Å². The predicted octanol–water partition coefficient (Wildman–Crippen LogP) is 4.57. The van der Waals surface area contributed by atoms with Gasteiger partial charge < -0.3 is 15.6 Å². The minimum absolute atomic E-state index is 0.0175. The van der Waals surface area contributed by atoms with Crippen LogP contribution >= 0.6 is 22.9 Å². The second-order valence-electron chi connectivity index (χ2n) is 9.11. The third-order valence-corrected chi connectivity index (χ3v) is 7.83. The van der Waals surface area contributed by atoms with E-state index >= 15 is 0 Å². The van der Waals surface area contributed by atoms with E-state index in [0.717, 1.165) is 29.0 Å². The summed E-state index contributed by atoms with van der Waals surface area (Å²) in [5, 5.41) is 20.0. The van der Waals surface area contributed by atoms with Crippen molar-refractivity contribution in [3.63, 3.8) is 0 Å². The molecule has 6 rings (SSSR count). The van der Waals surface area contributed by atoms with Crippen LogP contribution in [0.25, 0.3) is 32.6 Å². The summed E-state index contributed by atoms with van der Waals surface area (Å²) >= 11 is 7.08. The molecule has 0 saturated carbocycles. The van der Waals surface area contributed by atoms with Gasteiger partial charge in [-0.15, -0.1) is 16.3 Å². The number of thiophene rings is 1. The summed E-state index contributed by atoms with van der Waals surface area (Å²) < 4.78 is 50.2. The zero-order valence-electron chi connectivity index (χ0n) is 21.1. The highest BCUT2D eigenvalue weighted by atomic mass is 35.5. The summed E-state index contributed by atoms with van der Waals surface area (Å²) in [6, 6.07) is 13.4. The van der Waals surface area contributed by atoms with Gasteiger partial charge in [0.1, 0.15) is 4.83 Å². The maximum Gasteiger partial charge on any atom is 0.416 e. The molecule has 2 N–H and O–H groups in total. The molecule has 210 valence electrons. The molecular formula is C27H20ClF3N6O3S. The minimum atomic E-state index is -4.48. The number of aliphatic imine (C=N–C) groups is 1. The van der Waals surface area contributed by atoms with Gasteiger partial charge in [-0.3, -0.25) is 4.52 Å². The van der Waals surface area contributed by atoms with Crippen molar-refractivity contribution in [2.75, 3.05) is 37.0 Å². The molecule has 41 heavy (non-hydrogen) atoms. The molecule has 4 heterocycles. The number of morpholine rings is 1. The monoisotopic (exact) mass is 600 g/mol. The van der Waals surface area contributed by atoms with E-state index in [1.165, 1.54) is 23.1 Å². The van der Waals surface area contributed by atoms with Crippen LogP contribution < -0.4 is 20.6 Å². The fourth-order valence-corrected chi connectivity index (χ4v) is 5.57. The first-order valence-corrected chi connectivity index (χ1v) is 13.5. The fourth-order valence-electron chi connectivity index (χ4n) is 4.44. The van der Waals surface area contributed by atoms with Gasteiger partial charge >= 0.3 is 12.1 Å². The molecule has 0 aliphatic carbocycles. The second-order valence-corrected chi connectivity index (χ2v) is 10.5. The zero-order chi connectivity index (χ0) is 28.7. The largest absolute Gasteiger partial charge is 0.857 e. The number of alkyl halides is 3. The van der Waals surface area contributed by atoms with Gasteiger partial charge in [-0.2, -0.15) is 13.2 Å². The van der Waals surface area contributed by atoms with Crippen molar-refractivity contribution in [1.82, 2.24) is 10.3 Å². The normalized spacial score (nSPS) is 14.6. The van der Waals surface area contributed by atoms with Crippen molar-refractivity contribution in [1.29, 1.82) is 0 Å². The summed E-state index contributed by atoms with van der Waals surface area (Å²) in [6.07, 6.45) is -3.00. The van der Waals surface area contributed by atoms with Crippen LogP contribution in [0.3, 0.4) is 0 Å². The van der Waals surface area contributed by atoms with E-state index in [4.69, 9.17) is 31.6 Å². The first kappa shape index (κ1) is 27.0. The highest BCUT2D eigenvalue weighted by Crippen LogP contribution is 2.42. The van der Waals surface area contributed by atoms with Crippen molar-refractivity contribution in [3.8, 4) is 22.4 Å². The molecule has 2 aromatic carbocycles. The van der Waals surface area contributed by atoms with Crippen molar-refractivity contribution in [2.24, 2.45) is 4.99 Å². The number of aromatic nitrogens is 3. The Morgan fingerprint density at radius 1 is 1.07 bits per heavy atom. The van der Waals surface area contributed by atoms with E-state index in [1.807, 2.05) is 5.01 Å². The van der Waals surface area contributed by atoms with Gasteiger partial charge in [0.25, 0.3) is 6.20 Å². The molecule has 3 aromatic heterocycles. The summed E-state index contributed by atoms with van der Waals surface area (Å²) in [7, 11) is 0. The van der Waals surface area contributed by atoms with E-state index in [2.05, 4.69) is 10.3 Å². The molecule has 1 saturated heterocycles. The molecule has 5 aromatic rings. The average Bonchev–Trinajstić information content (AvgIpc) is 3.57. The minimum Gasteiger partial charge on any atom is -0.857 e. The van der Waals surface area contributed by atoms with Gasteiger partial charge in [0.05, 0.1) is 52.9 Å². The van der Waals surface area contributed by atoms with Gasteiger partial charge in [-0.05, 0) is 41.5 Å². The number of benzene rings is 2. The smallest absolute Gasteiger partial charge is 0.416 e. The van der Waals surface area contributed by atoms with E-state index in [0.29, 0.717) is 58.4 Å². The molecular weight excluding hydrogens is 581 g/mol. The van der Waals surface area contributed by atoms with Crippen LogP contribution in [0.5, 0.6) is 0 Å². The van der Waals surface area contributed by atoms with Gasteiger partial charge in [-0.1, -0.05) is 35.9 Å². The van der Waals surface area contributed by atoms with Crippen LogP contribution in [-0.4, -0.2) is 42.5 Å². The highest BCUT2D eigenvalue weighted by molar-refractivity contribution is 7.21. The molecule has 0 bridgehead atoms. The van der Waals surface area contributed by atoms with Gasteiger partial charge in [0, 0.05) is 21.9 Å². The Hall–Kier alpha value is -4.20. The van der Waals surface area contributed by atoms with E-state index in [9.17, 15) is 18.3 Å². The highest BCUT2D eigenvalue weighted by Gasteiger charge is 2.30. The molecule has 14 heteroatoms. The lowest BCUT2D eigenvalue weighted by Gasteiger charge is -2.18. The lowest BCUT2D eigenvalue weighted by atomic mass is 9.98. The van der Waals surface area contributed by atoms with E-state index in [1.54, 1.807) is 30.3 Å². The number of rotatable bonds is 5. The van der Waals surface area contributed by atoms with E-state index < -0.39 is 17.6 Å². The predicted molar refractivity (Wildman–Crippen MR) is 147 cm³/mol. The lowest BCUT2D eigenvalue weighted by Crippen LogP contribution is -2.62. The number of fused-ring (bicyclic) bond motifs is 1. The summed E-state index contributed by atoms with van der Waals surface area (Å²) in [4.78, 5) is 10.8. The Bertz CT molecular complexity index is 1750. The summed E-state index contributed by atoms with van der Waals surface area (Å²) in [5.41, 5.74) is 8.07. The van der Waals surface area contributed by atoms with Crippen LogP contribution in [0.4, 0.5) is 24.7 Å². The van der Waals surface area contributed by atoms with Crippen molar-refractivity contribution < 1.29 is 32.3 Å². The lowest BCUT2D eigenvalue weighted by molar-refractivity contribution is -0.759. The number of hydrogen-bond donors (Lipinski definition) is 1. The Kier molecular flexibility index (Phi) is 7.01. The second kappa shape index (κ2) is 10.7. The Morgan fingerprint density at radius 2 is 1.76 bits per heavy atom. The zero-order valence-corrected chi connectivity index (χ0v) is 22.6. The topological polar surface area (TPSA) is 117 Å². The number of nitrogen functional groups attached to an aromatic ring is 1. The van der Waals surface area contributed by atoms with Gasteiger partial charge in [-0.25, -0.2) is 9.98 Å². The molecule has 0 spiro atoms. The standard InChI is InChI=1S/C27H20ClF3N6O3S/c28-18-7-3-16(4-8-18)20-13-19(15-1-5-17(6-2-15)27(29,30)31)22-23(32)24(41-26(22)33-20)25(38)34-21-14-37(35-40-21)36-9-11-39-12-10-36/h1-8,13-14H,9-12H2,(H2-,32,34,35,38). The molecule has 0 radical (unpaired) electrons. The van der Waals surface area contributed by atoms with Crippen LogP contribution in [-0.2, 0) is 10.9 Å². The first-order valence-electron chi connectivity index (χ1n) is 12.3. The number of hydrogen-bond acceptors (Lipinski definition) is 9. The molecule has 0 atom stereocenters. The average molecular weight is 601 g/mol. The third-order valence-electron chi connectivity index (χ3n) is 6.49. The van der Waals surface area contributed by atoms with Crippen molar-refractivity contribution >= 4 is 50.6 Å². The Morgan fingerprint density at radius 3 is 2.44 bits per heavy atom. The summed E-state index contributed by atoms with van der Waals surface area (Å²) in [5.74, 6) is -0.682. The molecule has 0 amide bonds. The number of nitrogens with two attached hydrogens (primary N) is 1. The molecule has 9 nitrogen and oxygen atoms in total. The molecule has 0 unspecified atom stereocenters. The van der Waals surface area contributed by atoms with Crippen LogP contribution in [0.1, 0.15) is 10.4 Å². The SMILES string of the molecule is Nc1c(/C([O-])=N/c2c[n+](N3CCOCC3)no2)sc2nc(-c3ccc(Cl)cc3)cc(-c3ccc(C(F)(F)F)cc3)c12. The van der Waals surface area contributed by atoms with Crippen LogP contribution in [0.15, 0.2) is 70.3 Å². The van der Waals surface area contributed by atoms with Crippen molar-refractivity contribution in [2.45, 2.75) is 6.18 Å². The third kappa shape index (κ3) is 5.43. The van der Waals surface area contributed by atoms with Gasteiger partial charge in [0.2, 0.25) is 5.27 Å². The maximum atomic E-state index is 13.3. The quantitative estimate of drug-likeness (QED) is 0.178. The summed E-state index contributed by atoms with van der Waals surface area (Å²) in [6.45, 7) is 2.27. The van der Waals surface area contributed by atoms with E-state index in [-0.39, 0.29) is 16.4 Å². The van der Waals surface area contributed by atoms with Gasteiger partial charge in [0.15, 0.2) is 0 Å². The van der Waals surface area contributed by atoms with Crippen molar-refractivity contribution in [3.05, 3.63) is 76.3 Å².